The summed E-state index contributed by atoms with van der Waals surface area (Å²) in [5.41, 5.74) is 0. The molecule has 2 rings (SSSR count). The van der Waals surface area contributed by atoms with Crippen molar-refractivity contribution >= 4 is 5.91 Å². The van der Waals surface area contributed by atoms with Crippen molar-refractivity contribution in [1.82, 2.24) is 10.2 Å². The average molecular weight is 300 g/mol. The first-order valence-electron chi connectivity index (χ1n) is 8.06. The largest absolute Gasteiger partial charge is 0.389 e. The van der Waals surface area contributed by atoms with Crippen molar-refractivity contribution < 1.29 is 19.7 Å². The van der Waals surface area contributed by atoms with Gasteiger partial charge < -0.3 is 25.2 Å². The number of aliphatic hydroxyl groups is 2. The van der Waals surface area contributed by atoms with E-state index in [4.69, 9.17) is 4.74 Å². The van der Waals surface area contributed by atoms with Crippen LogP contribution in [-0.2, 0) is 9.53 Å². The van der Waals surface area contributed by atoms with Crippen LogP contribution in [-0.4, -0.2) is 72.1 Å². The number of aliphatic hydroxyl groups excluding tert-OH is 2. The van der Waals surface area contributed by atoms with Gasteiger partial charge in [0.2, 0.25) is 5.91 Å². The molecule has 2 atom stereocenters. The molecule has 2 fully saturated rings. The number of hydrogen-bond donors (Lipinski definition) is 3. The lowest BCUT2D eigenvalue weighted by Gasteiger charge is -2.34. The van der Waals surface area contributed by atoms with Gasteiger partial charge in [-0.05, 0) is 51.6 Å². The molecule has 0 aromatic carbocycles. The summed E-state index contributed by atoms with van der Waals surface area (Å²) < 4.78 is 5.20. The van der Waals surface area contributed by atoms with E-state index in [9.17, 15) is 15.0 Å². The molecule has 21 heavy (non-hydrogen) atoms. The Morgan fingerprint density at radius 3 is 2.52 bits per heavy atom. The predicted molar refractivity (Wildman–Crippen MR) is 78.8 cm³/mol. The van der Waals surface area contributed by atoms with Crippen LogP contribution in [0.2, 0.25) is 0 Å². The molecule has 1 saturated heterocycles. The molecule has 6 nitrogen and oxygen atoms in total. The van der Waals surface area contributed by atoms with Crippen LogP contribution in [0.5, 0.6) is 0 Å². The summed E-state index contributed by atoms with van der Waals surface area (Å²) in [6.45, 7) is 5.09. The standard InChI is InChI=1S/C15H28N2O4/c1-2-21-10-13(18)9-17-7-5-11(6-8-17)14(19)15(20)16-12-3-4-12/h11-14,18-19H,2-10H2,1H3,(H,16,20)/t13-,14-/m0/s1. The number of nitrogens with zero attached hydrogens (tertiary/aromatic N) is 1. The van der Waals surface area contributed by atoms with Crippen LogP contribution in [0.15, 0.2) is 0 Å². The van der Waals surface area contributed by atoms with Crippen LogP contribution < -0.4 is 5.32 Å². The Morgan fingerprint density at radius 2 is 1.95 bits per heavy atom. The lowest BCUT2D eigenvalue weighted by atomic mass is 9.90. The summed E-state index contributed by atoms with van der Waals surface area (Å²) in [5, 5.41) is 22.8. The minimum Gasteiger partial charge on any atom is -0.389 e. The zero-order valence-corrected chi connectivity index (χ0v) is 12.8. The highest BCUT2D eigenvalue weighted by Gasteiger charge is 2.33. The van der Waals surface area contributed by atoms with Crippen molar-refractivity contribution in [2.75, 3.05) is 32.8 Å². The number of carbonyl (C=O) groups excluding carboxylic acids is 1. The fourth-order valence-corrected chi connectivity index (χ4v) is 2.78. The molecule has 1 heterocycles. The van der Waals surface area contributed by atoms with Gasteiger partial charge in [-0.2, -0.15) is 0 Å². The van der Waals surface area contributed by atoms with Crippen LogP contribution in [0, 0.1) is 5.92 Å². The molecule has 2 aliphatic rings. The third kappa shape index (κ3) is 5.54. The smallest absolute Gasteiger partial charge is 0.249 e. The highest BCUT2D eigenvalue weighted by atomic mass is 16.5. The number of hydrogen-bond acceptors (Lipinski definition) is 5. The summed E-state index contributed by atoms with van der Waals surface area (Å²) in [4.78, 5) is 14.0. The van der Waals surface area contributed by atoms with Crippen molar-refractivity contribution in [2.45, 2.75) is 50.9 Å². The summed E-state index contributed by atoms with van der Waals surface area (Å²) in [7, 11) is 0. The number of likely N-dealkylation sites (tertiary alicyclic amines) is 1. The second-order valence-corrected chi connectivity index (χ2v) is 6.18. The third-order valence-corrected chi connectivity index (χ3v) is 4.25. The summed E-state index contributed by atoms with van der Waals surface area (Å²) in [6, 6.07) is 0.293. The van der Waals surface area contributed by atoms with Gasteiger partial charge in [0, 0.05) is 19.2 Å². The fourth-order valence-electron chi connectivity index (χ4n) is 2.78. The molecule has 0 radical (unpaired) electrons. The molecule has 1 aliphatic carbocycles. The van der Waals surface area contributed by atoms with Crippen LogP contribution in [0.3, 0.4) is 0 Å². The van der Waals surface area contributed by atoms with E-state index in [-0.39, 0.29) is 11.8 Å². The van der Waals surface area contributed by atoms with Crippen LogP contribution in [0.25, 0.3) is 0 Å². The minimum absolute atomic E-state index is 0.0315. The van der Waals surface area contributed by atoms with Crippen molar-refractivity contribution in [3.8, 4) is 0 Å². The number of rotatable bonds is 8. The van der Waals surface area contributed by atoms with Crippen molar-refractivity contribution in [1.29, 1.82) is 0 Å². The Balaban J connectivity index is 1.65. The van der Waals surface area contributed by atoms with E-state index in [0.717, 1.165) is 38.8 Å². The molecule has 0 aromatic heterocycles. The number of nitrogens with one attached hydrogen (secondary N) is 1. The molecular weight excluding hydrogens is 272 g/mol. The number of carbonyl (C=O) groups is 1. The second-order valence-electron chi connectivity index (χ2n) is 6.18. The zero-order chi connectivity index (χ0) is 15.2. The number of ether oxygens (including phenoxy) is 1. The SMILES string of the molecule is CCOC[C@@H](O)CN1CCC([C@H](O)C(=O)NC2CC2)CC1. The molecule has 1 saturated carbocycles. The van der Waals surface area contributed by atoms with Crippen molar-refractivity contribution in [3.63, 3.8) is 0 Å². The Bertz CT molecular complexity index is 328. The van der Waals surface area contributed by atoms with E-state index in [1.807, 2.05) is 6.92 Å². The highest BCUT2D eigenvalue weighted by molar-refractivity contribution is 5.81. The van der Waals surface area contributed by atoms with Gasteiger partial charge in [-0.3, -0.25) is 4.79 Å². The van der Waals surface area contributed by atoms with Gasteiger partial charge in [-0.25, -0.2) is 0 Å². The first-order valence-corrected chi connectivity index (χ1v) is 8.06. The minimum atomic E-state index is -0.888. The van der Waals surface area contributed by atoms with Crippen molar-refractivity contribution in [2.24, 2.45) is 5.92 Å². The molecule has 0 unspecified atom stereocenters. The molecule has 3 N–H and O–H groups in total. The van der Waals surface area contributed by atoms with E-state index in [1.54, 1.807) is 0 Å². The first-order chi connectivity index (χ1) is 10.1. The monoisotopic (exact) mass is 300 g/mol. The molecule has 0 bridgehead atoms. The van der Waals surface area contributed by atoms with E-state index >= 15 is 0 Å². The second kappa shape index (κ2) is 8.08. The van der Waals surface area contributed by atoms with Crippen molar-refractivity contribution in [3.05, 3.63) is 0 Å². The van der Waals surface area contributed by atoms with Gasteiger partial charge in [-0.1, -0.05) is 0 Å². The normalized spacial score (nSPS) is 23.8. The average Bonchev–Trinajstić information content (AvgIpc) is 3.29. The summed E-state index contributed by atoms with van der Waals surface area (Å²) in [5.74, 6) is -0.184. The Morgan fingerprint density at radius 1 is 1.29 bits per heavy atom. The van der Waals surface area contributed by atoms with Gasteiger partial charge in [0.15, 0.2) is 0 Å². The zero-order valence-electron chi connectivity index (χ0n) is 12.8. The first kappa shape index (κ1) is 16.7. The van der Waals surface area contributed by atoms with Gasteiger partial charge in [-0.15, -0.1) is 0 Å². The third-order valence-electron chi connectivity index (χ3n) is 4.25. The fraction of sp³-hybridized carbons (Fsp3) is 0.933. The maximum atomic E-state index is 11.8. The number of piperidine rings is 1. The van der Waals surface area contributed by atoms with Crippen LogP contribution in [0.1, 0.15) is 32.6 Å². The highest BCUT2D eigenvalue weighted by Crippen LogP contribution is 2.23. The summed E-state index contributed by atoms with van der Waals surface area (Å²) in [6.07, 6.45) is 2.30. The predicted octanol–water partition coefficient (Wildman–Crippen LogP) is -0.265. The van der Waals surface area contributed by atoms with Gasteiger partial charge >= 0.3 is 0 Å². The maximum absolute atomic E-state index is 11.8. The lowest BCUT2D eigenvalue weighted by molar-refractivity contribution is -0.133. The Labute approximate surface area is 126 Å². The Kier molecular flexibility index (Phi) is 6.41. The molecule has 6 heteroatoms. The molecule has 0 aromatic rings. The molecule has 1 amide bonds. The topological polar surface area (TPSA) is 82.0 Å². The number of β-amino-alcohol motifs (C(OH)–C–C–N with tert-alkyl or cyclic N) is 1. The Hall–Kier alpha value is -0.690. The van der Waals surface area contributed by atoms with Crippen LogP contribution in [0.4, 0.5) is 0 Å². The molecule has 1 aliphatic heterocycles. The van der Waals surface area contributed by atoms with E-state index in [2.05, 4.69) is 10.2 Å². The summed E-state index contributed by atoms with van der Waals surface area (Å²) >= 11 is 0. The van der Waals surface area contributed by atoms with E-state index in [0.29, 0.717) is 25.8 Å². The van der Waals surface area contributed by atoms with Crippen LogP contribution >= 0.6 is 0 Å². The van der Waals surface area contributed by atoms with Gasteiger partial charge in [0.25, 0.3) is 0 Å². The molecule has 0 spiro atoms. The quantitative estimate of drug-likeness (QED) is 0.575. The maximum Gasteiger partial charge on any atom is 0.249 e. The lowest BCUT2D eigenvalue weighted by Crippen LogP contribution is -2.46. The molecular formula is C15H28N2O4. The van der Waals surface area contributed by atoms with E-state index < -0.39 is 12.2 Å². The number of amides is 1. The van der Waals surface area contributed by atoms with Gasteiger partial charge in [0.05, 0.1) is 12.7 Å². The van der Waals surface area contributed by atoms with Gasteiger partial charge in [0.1, 0.15) is 6.10 Å². The molecule has 122 valence electrons. The van der Waals surface area contributed by atoms with E-state index in [1.165, 1.54) is 0 Å².